The van der Waals surface area contributed by atoms with Crippen LogP contribution in [0.25, 0.3) is 0 Å². The first kappa shape index (κ1) is 12.8. The Labute approximate surface area is 117 Å². The van der Waals surface area contributed by atoms with Crippen LogP contribution in [-0.4, -0.2) is 6.61 Å². The van der Waals surface area contributed by atoms with E-state index in [1.54, 1.807) is 11.3 Å². The molecule has 3 rings (SSSR count). The Morgan fingerprint density at radius 2 is 2.21 bits per heavy atom. The van der Waals surface area contributed by atoms with E-state index in [1.165, 1.54) is 21.6 Å². The summed E-state index contributed by atoms with van der Waals surface area (Å²) in [7, 11) is 0. The normalized spacial score (nSPS) is 20.0. The summed E-state index contributed by atoms with van der Waals surface area (Å²) in [5, 5.41) is 2.10. The first-order valence-electron chi connectivity index (χ1n) is 6.51. The number of hydrazine groups is 1. The van der Waals surface area contributed by atoms with Gasteiger partial charge in [0.1, 0.15) is 6.10 Å². The molecule has 3 nitrogen and oxygen atoms in total. The SMILES string of the molecule is Cc1sccc1C(NN)C1OCCc2ccccc21. The van der Waals surface area contributed by atoms with Crippen molar-refractivity contribution in [2.45, 2.75) is 25.5 Å². The highest BCUT2D eigenvalue weighted by atomic mass is 32.1. The van der Waals surface area contributed by atoms with Crippen molar-refractivity contribution in [3.05, 3.63) is 57.3 Å². The number of hydrogen-bond donors (Lipinski definition) is 2. The van der Waals surface area contributed by atoms with Crippen molar-refractivity contribution in [3.63, 3.8) is 0 Å². The lowest BCUT2D eigenvalue weighted by atomic mass is 9.90. The van der Waals surface area contributed by atoms with Gasteiger partial charge in [-0.2, -0.15) is 0 Å². The second kappa shape index (κ2) is 5.43. The Morgan fingerprint density at radius 1 is 1.37 bits per heavy atom. The van der Waals surface area contributed by atoms with E-state index in [4.69, 9.17) is 10.6 Å². The van der Waals surface area contributed by atoms with Gasteiger partial charge in [-0.25, -0.2) is 5.43 Å². The first-order chi connectivity index (χ1) is 9.31. The fourth-order valence-electron chi connectivity index (χ4n) is 2.76. The zero-order valence-corrected chi connectivity index (χ0v) is 11.7. The molecule has 0 fully saturated rings. The number of nitrogens with two attached hydrogens (primary N) is 1. The molecule has 3 N–H and O–H groups in total. The Kier molecular flexibility index (Phi) is 3.66. The maximum absolute atomic E-state index is 6.00. The molecular weight excluding hydrogens is 256 g/mol. The van der Waals surface area contributed by atoms with Crippen LogP contribution < -0.4 is 11.3 Å². The van der Waals surface area contributed by atoms with Gasteiger partial charge in [-0.3, -0.25) is 5.84 Å². The molecule has 0 bridgehead atoms. The van der Waals surface area contributed by atoms with E-state index in [9.17, 15) is 0 Å². The van der Waals surface area contributed by atoms with Crippen LogP contribution >= 0.6 is 11.3 Å². The topological polar surface area (TPSA) is 47.3 Å². The molecule has 1 aliphatic heterocycles. The summed E-state index contributed by atoms with van der Waals surface area (Å²) in [4.78, 5) is 1.29. The maximum atomic E-state index is 6.00. The van der Waals surface area contributed by atoms with Crippen LogP contribution in [0, 0.1) is 6.92 Å². The van der Waals surface area contributed by atoms with E-state index in [0.29, 0.717) is 0 Å². The summed E-state index contributed by atoms with van der Waals surface area (Å²) in [5.41, 5.74) is 6.79. The fraction of sp³-hybridized carbons (Fsp3) is 0.333. The lowest BCUT2D eigenvalue weighted by Gasteiger charge is -2.32. The van der Waals surface area contributed by atoms with E-state index in [1.807, 2.05) is 0 Å². The summed E-state index contributed by atoms with van der Waals surface area (Å²) in [5.74, 6) is 5.80. The molecule has 1 aliphatic rings. The molecule has 19 heavy (non-hydrogen) atoms. The number of aryl methyl sites for hydroxylation is 1. The third-order valence-electron chi connectivity index (χ3n) is 3.75. The summed E-state index contributed by atoms with van der Waals surface area (Å²) in [6.45, 7) is 2.88. The summed E-state index contributed by atoms with van der Waals surface area (Å²) in [6.07, 6.45) is 0.968. The lowest BCUT2D eigenvalue weighted by Crippen LogP contribution is -2.35. The Hall–Kier alpha value is -1.20. The van der Waals surface area contributed by atoms with E-state index < -0.39 is 0 Å². The summed E-state index contributed by atoms with van der Waals surface area (Å²) < 4.78 is 6.00. The van der Waals surface area contributed by atoms with Crippen molar-refractivity contribution >= 4 is 11.3 Å². The zero-order valence-electron chi connectivity index (χ0n) is 10.9. The van der Waals surface area contributed by atoms with Gasteiger partial charge in [0.05, 0.1) is 12.6 Å². The minimum absolute atomic E-state index is 0.00713. The van der Waals surface area contributed by atoms with E-state index in [-0.39, 0.29) is 12.1 Å². The van der Waals surface area contributed by atoms with Crippen LogP contribution in [0.1, 0.15) is 33.7 Å². The second-order valence-corrected chi connectivity index (χ2v) is 5.94. The number of fused-ring (bicyclic) bond motifs is 1. The fourth-order valence-corrected chi connectivity index (χ4v) is 3.51. The van der Waals surface area contributed by atoms with Gasteiger partial charge in [0.25, 0.3) is 0 Å². The van der Waals surface area contributed by atoms with Crippen LogP contribution in [0.5, 0.6) is 0 Å². The van der Waals surface area contributed by atoms with Crippen molar-refractivity contribution in [3.8, 4) is 0 Å². The quantitative estimate of drug-likeness (QED) is 0.668. The molecule has 2 heterocycles. The van der Waals surface area contributed by atoms with Crippen molar-refractivity contribution in [1.82, 2.24) is 5.43 Å². The number of ether oxygens (including phenoxy) is 1. The summed E-state index contributed by atoms with van der Waals surface area (Å²) in [6, 6.07) is 10.6. The van der Waals surface area contributed by atoms with Gasteiger partial charge in [0.15, 0.2) is 0 Å². The van der Waals surface area contributed by atoms with Crippen LogP contribution in [0.4, 0.5) is 0 Å². The van der Waals surface area contributed by atoms with Gasteiger partial charge in [-0.05, 0) is 41.5 Å². The van der Waals surface area contributed by atoms with Gasteiger partial charge in [-0.1, -0.05) is 24.3 Å². The first-order valence-corrected chi connectivity index (χ1v) is 7.38. The van der Waals surface area contributed by atoms with Gasteiger partial charge in [0, 0.05) is 4.88 Å². The number of nitrogens with one attached hydrogen (secondary N) is 1. The smallest absolute Gasteiger partial charge is 0.104 e. The monoisotopic (exact) mass is 274 g/mol. The van der Waals surface area contributed by atoms with Crippen molar-refractivity contribution in [2.75, 3.05) is 6.61 Å². The number of hydrogen-bond acceptors (Lipinski definition) is 4. The van der Waals surface area contributed by atoms with Crippen molar-refractivity contribution in [1.29, 1.82) is 0 Å². The Balaban J connectivity index is 2.00. The lowest BCUT2D eigenvalue weighted by molar-refractivity contribution is 0.0147. The predicted molar refractivity (Wildman–Crippen MR) is 78.0 cm³/mol. The highest BCUT2D eigenvalue weighted by Crippen LogP contribution is 2.38. The Morgan fingerprint density at radius 3 is 2.95 bits per heavy atom. The minimum Gasteiger partial charge on any atom is -0.371 e. The molecule has 0 amide bonds. The highest BCUT2D eigenvalue weighted by molar-refractivity contribution is 7.10. The third kappa shape index (κ3) is 2.32. The van der Waals surface area contributed by atoms with Crippen LogP contribution in [-0.2, 0) is 11.2 Å². The molecule has 100 valence electrons. The van der Waals surface area contributed by atoms with Gasteiger partial charge in [0.2, 0.25) is 0 Å². The predicted octanol–water partition coefficient (Wildman–Crippen LogP) is 2.87. The molecule has 4 heteroatoms. The molecule has 1 aromatic carbocycles. The second-order valence-electron chi connectivity index (χ2n) is 4.82. The van der Waals surface area contributed by atoms with Gasteiger partial charge < -0.3 is 4.74 Å². The van der Waals surface area contributed by atoms with E-state index in [0.717, 1.165) is 13.0 Å². The molecule has 2 atom stereocenters. The van der Waals surface area contributed by atoms with Gasteiger partial charge >= 0.3 is 0 Å². The average molecular weight is 274 g/mol. The van der Waals surface area contributed by atoms with Crippen LogP contribution in [0.2, 0.25) is 0 Å². The molecule has 0 radical (unpaired) electrons. The molecule has 0 saturated carbocycles. The Bertz CT molecular complexity index is 567. The minimum atomic E-state index is -0.0109. The van der Waals surface area contributed by atoms with Crippen LogP contribution in [0.3, 0.4) is 0 Å². The molecule has 0 aliphatic carbocycles. The average Bonchev–Trinajstić information content (AvgIpc) is 2.86. The van der Waals surface area contributed by atoms with Crippen molar-refractivity contribution in [2.24, 2.45) is 5.84 Å². The number of benzene rings is 1. The third-order valence-corrected chi connectivity index (χ3v) is 4.61. The van der Waals surface area contributed by atoms with E-state index in [2.05, 4.69) is 48.1 Å². The van der Waals surface area contributed by atoms with Gasteiger partial charge in [-0.15, -0.1) is 11.3 Å². The van der Waals surface area contributed by atoms with E-state index >= 15 is 0 Å². The maximum Gasteiger partial charge on any atom is 0.104 e. The standard InChI is InChI=1S/C15H18N2OS/c1-10-12(7-9-19-10)14(17-16)15-13-5-3-2-4-11(13)6-8-18-15/h2-5,7,9,14-15,17H,6,8,16H2,1H3. The van der Waals surface area contributed by atoms with Crippen molar-refractivity contribution < 1.29 is 4.74 Å². The highest BCUT2D eigenvalue weighted by Gasteiger charge is 2.30. The molecule has 0 spiro atoms. The van der Waals surface area contributed by atoms with Crippen LogP contribution in [0.15, 0.2) is 35.7 Å². The summed E-state index contributed by atoms with van der Waals surface area (Å²) >= 11 is 1.74. The zero-order chi connectivity index (χ0) is 13.2. The molecular formula is C15H18N2OS. The molecule has 1 aromatic heterocycles. The molecule has 2 unspecified atom stereocenters. The molecule has 0 saturated heterocycles. The molecule has 2 aromatic rings. The number of thiophene rings is 1. The largest absolute Gasteiger partial charge is 0.371 e. The number of rotatable bonds is 3.